The highest BCUT2D eigenvalue weighted by Gasteiger charge is 2.22. The lowest BCUT2D eigenvalue weighted by Gasteiger charge is -2.16. The lowest BCUT2D eigenvalue weighted by molar-refractivity contribution is -0.144. The number of nitrogens with zero attached hydrogens (tertiary/aromatic N) is 1. The topological polar surface area (TPSA) is 68.3 Å². The van der Waals surface area contributed by atoms with Gasteiger partial charge in [0.1, 0.15) is 6.04 Å². The molecule has 0 aliphatic rings. The standard InChI is InChI=1S/C21H20N2O3S/c1-26-21(25)18(13-15-7-3-2-4-8-15)22-19(24)14-27-20-12-11-16-9-5-6-10-17(16)23-20/h2-12,18H,13-14H2,1H3,(H,22,24)/t18-/m1/s1. The Labute approximate surface area is 162 Å². The van der Waals surface area contributed by atoms with Gasteiger partial charge in [-0.3, -0.25) is 4.79 Å². The Balaban J connectivity index is 1.60. The van der Waals surface area contributed by atoms with E-state index in [0.717, 1.165) is 21.5 Å². The molecule has 1 amide bonds. The Morgan fingerprint density at radius 3 is 2.56 bits per heavy atom. The van der Waals surface area contributed by atoms with Gasteiger partial charge < -0.3 is 10.1 Å². The van der Waals surface area contributed by atoms with Crippen molar-refractivity contribution in [3.8, 4) is 0 Å². The van der Waals surface area contributed by atoms with E-state index in [1.165, 1.54) is 18.9 Å². The summed E-state index contributed by atoms with van der Waals surface area (Å²) in [5.74, 6) is -0.518. The maximum Gasteiger partial charge on any atom is 0.328 e. The van der Waals surface area contributed by atoms with Crippen LogP contribution in [0.4, 0.5) is 0 Å². The number of amides is 1. The fourth-order valence-electron chi connectivity index (χ4n) is 2.69. The molecule has 0 saturated heterocycles. The highest BCUT2D eigenvalue weighted by atomic mass is 32.2. The second kappa shape index (κ2) is 9.19. The minimum absolute atomic E-state index is 0.174. The molecule has 1 aromatic heterocycles. The van der Waals surface area contributed by atoms with Gasteiger partial charge in [0, 0.05) is 11.8 Å². The van der Waals surface area contributed by atoms with Crippen LogP contribution in [0.5, 0.6) is 0 Å². The quantitative estimate of drug-likeness (QED) is 0.503. The van der Waals surface area contributed by atoms with E-state index in [2.05, 4.69) is 10.3 Å². The van der Waals surface area contributed by atoms with Gasteiger partial charge in [-0.2, -0.15) is 0 Å². The number of rotatable bonds is 7. The van der Waals surface area contributed by atoms with Crippen LogP contribution in [0, 0.1) is 0 Å². The van der Waals surface area contributed by atoms with Crippen LogP contribution in [0.3, 0.4) is 0 Å². The summed E-state index contributed by atoms with van der Waals surface area (Å²) in [5, 5.41) is 4.58. The van der Waals surface area contributed by atoms with Crippen LogP contribution in [-0.2, 0) is 20.7 Å². The van der Waals surface area contributed by atoms with Crippen molar-refractivity contribution in [2.24, 2.45) is 0 Å². The van der Waals surface area contributed by atoms with E-state index in [0.29, 0.717) is 6.42 Å². The number of pyridine rings is 1. The summed E-state index contributed by atoms with van der Waals surface area (Å²) in [7, 11) is 1.32. The van der Waals surface area contributed by atoms with Crippen LogP contribution < -0.4 is 5.32 Å². The van der Waals surface area contributed by atoms with Gasteiger partial charge in [0.15, 0.2) is 0 Å². The van der Waals surface area contributed by atoms with Crippen LogP contribution in [0.15, 0.2) is 71.8 Å². The maximum absolute atomic E-state index is 12.3. The third-order valence-corrected chi connectivity index (χ3v) is 4.96. The summed E-state index contributed by atoms with van der Waals surface area (Å²) in [6, 6.07) is 20.5. The Morgan fingerprint density at radius 1 is 1.04 bits per heavy atom. The first kappa shape index (κ1) is 18.9. The number of para-hydroxylation sites is 1. The molecule has 5 nitrogen and oxygen atoms in total. The molecule has 0 bridgehead atoms. The molecule has 1 N–H and O–H groups in total. The zero-order chi connectivity index (χ0) is 19.1. The average molecular weight is 380 g/mol. The largest absolute Gasteiger partial charge is 0.467 e. The van der Waals surface area contributed by atoms with Gasteiger partial charge in [0.05, 0.1) is 23.4 Å². The van der Waals surface area contributed by atoms with E-state index in [4.69, 9.17) is 4.74 Å². The van der Waals surface area contributed by atoms with Crippen LogP contribution in [0.25, 0.3) is 10.9 Å². The van der Waals surface area contributed by atoms with Crippen molar-refractivity contribution >= 4 is 34.5 Å². The molecule has 3 aromatic rings. The number of nitrogens with one attached hydrogen (secondary N) is 1. The second-order valence-corrected chi connectivity index (χ2v) is 6.96. The molecule has 0 unspecified atom stereocenters. The third kappa shape index (κ3) is 5.31. The van der Waals surface area contributed by atoms with Crippen molar-refractivity contribution in [2.75, 3.05) is 12.9 Å². The molecular formula is C21H20N2O3S. The molecule has 1 heterocycles. The molecule has 0 spiro atoms. The summed E-state index contributed by atoms with van der Waals surface area (Å²) in [6.07, 6.45) is 0.387. The fraction of sp³-hybridized carbons (Fsp3) is 0.190. The molecule has 0 radical (unpaired) electrons. The van der Waals surface area contributed by atoms with Crippen LogP contribution in [0.2, 0.25) is 0 Å². The Kier molecular flexibility index (Phi) is 6.44. The lowest BCUT2D eigenvalue weighted by atomic mass is 10.1. The summed E-state index contributed by atoms with van der Waals surface area (Å²) < 4.78 is 4.82. The lowest BCUT2D eigenvalue weighted by Crippen LogP contribution is -2.43. The van der Waals surface area contributed by atoms with E-state index in [1.54, 1.807) is 0 Å². The molecule has 0 aliphatic carbocycles. The number of hydrogen-bond donors (Lipinski definition) is 1. The van der Waals surface area contributed by atoms with Crippen molar-refractivity contribution in [3.63, 3.8) is 0 Å². The first-order valence-electron chi connectivity index (χ1n) is 8.55. The number of aromatic nitrogens is 1. The predicted molar refractivity (Wildman–Crippen MR) is 107 cm³/mol. The first-order valence-corrected chi connectivity index (χ1v) is 9.54. The maximum atomic E-state index is 12.3. The van der Waals surface area contributed by atoms with E-state index < -0.39 is 12.0 Å². The molecule has 27 heavy (non-hydrogen) atoms. The summed E-state index contributed by atoms with van der Waals surface area (Å²) >= 11 is 1.34. The number of carbonyl (C=O) groups is 2. The van der Waals surface area contributed by atoms with E-state index in [9.17, 15) is 9.59 Å². The summed E-state index contributed by atoms with van der Waals surface area (Å²) in [4.78, 5) is 28.9. The van der Waals surface area contributed by atoms with Gasteiger partial charge in [0.2, 0.25) is 5.91 Å². The molecule has 0 saturated carbocycles. The predicted octanol–water partition coefficient (Wildman–Crippen LogP) is 3.23. The molecule has 3 rings (SSSR count). The molecular weight excluding hydrogens is 360 g/mol. The summed E-state index contributed by atoms with van der Waals surface area (Å²) in [6.45, 7) is 0. The molecule has 6 heteroatoms. The molecule has 0 fully saturated rings. The number of hydrogen-bond acceptors (Lipinski definition) is 5. The molecule has 1 atom stereocenters. The van der Waals surface area contributed by atoms with Crippen LogP contribution >= 0.6 is 11.8 Å². The van der Waals surface area contributed by atoms with Gasteiger partial charge in [-0.15, -0.1) is 0 Å². The van der Waals surface area contributed by atoms with E-state index >= 15 is 0 Å². The van der Waals surface area contributed by atoms with Gasteiger partial charge in [-0.05, 0) is 17.7 Å². The zero-order valence-corrected chi connectivity index (χ0v) is 15.7. The molecule has 2 aromatic carbocycles. The monoisotopic (exact) mass is 380 g/mol. The van der Waals surface area contributed by atoms with E-state index in [-0.39, 0.29) is 11.7 Å². The van der Waals surface area contributed by atoms with Crippen molar-refractivity contribution < 1.29 is 14.3 Å². The van der Waals surface area contributed by atoms with Crippen molar-refractivity contribution in [1.82, 2.24) is 10.3 Å². The third-order valence-electron chi connectivity index (χ3n) is 4.03. The van der Waals surface area contributed by atoms with Gasteiger partial charge in [-0.25, -0.2) is 9.78 Å². The van der Waals surface area contributed by atoms with Crippen molar-refractivity contribution in [1.29, 1.82) is 0 Å². The number of esters is 1. The highest BCUT2D eigenvalue weighted by molar-refractivity contribution is 7.99. The molecule has 138 valence electrons. The van der Waals surface area contributed by atoms with Crippen LogP contribution in [0.1, 0.15) is 5.56 Å². The molecule has 0 aliphatic heterocycles. The number of fused-ring (bicyclic) bond motifs is 1. The SMILES string of the molecule is COC(=O)[C@@H](Cc1ccccc1)NC(=O)CSc1ccc2ccccc2n1. The Morgan fingerprint density at radius 2 is 1.78 bits per heavy atom. The first-order chi connectivity index (χ1) is 13.2. The summed E-state index contributed by atoms with van der Waals surface area (Å²) in [5.41, 5.74) is 1.84. The minimum Gasteiger partial charge on any atom is -0.467 e. The average Bonchev–Trinajstić information content (AvgIpc) is 2.71. The fourth-order valence-corrected chi connectivity index (χ4v) is 3.38. The normalized spacial score (nSPS) is 11.7. The Hall–Kier alpha value is -2.86. The highest BCUT2D eigenvalue weighted by Crippen LogP contribution is 2.19. The number of thioether (sulfide) groups is 1. The van der Waals surface area contributed by atoms with Gasteiger partial charge in [-0.1, -0.05) is 66.4 Å². The number of methoxy groups -OCH3 is 1. The van der Waals surface area contributed by atoms with Crippen molar-refractivity contribution in [3.05, 3.63) is 72.3 Å². The number of benzene rings is 2. The second-order valence-electron chi connectivity index (χ2n) is 5.96. The van der Waals surface area contributed by atoms with Gasteiger partial charge >= 0.3 is 5.97 Å². The van der Waals surface area contributed by atoms with Crippen LogP contribution in [-0.4, -0.2) is 35.8 Å². The van der Waals surface area contributed by atoms with Gasteiger partial charge in [0.25, 0.3) is 0 Å². The zero-order valence-electron chi connectivity index (χ0n) is 14.9. The number of carbonyl (C=O) groups excluding carboxylic acids is 2. The smallest absolute Gasteiger partial charge is 0.328 e. The number of ether oxygens (including phenoxy) is 1. The van der Waals surface area contributed by atoms with Crippen molar-refractivity contribution in [2.45, 2.75) is 17.5 Å². The van der Waals surface area contributed by atoms with E-state index in [1.807, 2.05) is 66.7 Å². The minimum atomic E-state index is -0.713. The Bertz CT molecular complexity index is 931.